The smallest absolute Gasteiger partial charge is 0.263 e. The van der Waals surface area contributed by atoms with Crippen molar-refractivity contribution in [2.75, 3.05) is 19.5 Å². The highest BCUT2D eigenvalue weighted by molar-refractivity contribution is 6.08. The van der Waals surface area contributed by atoms with Crippen LogP contribution in [-0.4, -0.2) is 25.1 Å². The van der Waals surface area contributed by atoms with E-state index in [-0.39, 0.29) is 5.91 Å². The van der Waals surface area contributed by atoms with Crippen molar-refractivity contribution >= 4 is 22.7 Å². The fourth-order valence-electron chi connectivity index (χ4n) is 3.20. The number of nitrogens with one attached hydrogen (secondary N) is 1. The summed E-state index contributed by atoms with van der Waals surface area (Å²) in [5.74, 6) is 1.09. The number of fused-ring (bicyclic) bond motifs is 1. The fraction of sp³-hybridized carbons (Fsp3) is 0.130. The van der Waals surface area contributed by atoms with Crippen LogP contribution in [0.1, 0.15) is 15.9 Å². The Morgan fingerprint density at radius 2 is 1.69 bits per heavy atom. The van der Waals surface area contributed by atoms with E-state index in [4.69, 9.17) is 13.9 Å². The molecule has 1 amide bonds. The Labute approximate surface area is 168 Å². The molecule has 4 rings (SSSR count). The summed E-state index contributed by atoms with van der Waals surface area (Å²) >= 11 is 0. The monoisotopic (exact) mass is 388 g/mol. The predicted molar refractivity (Wildman–Crippen MR) is 112 cm³/mol. The number of hydrogen-bond acceptors (Lipinski definition) is 5. The zero-order valence-electron chi connectivity index (χ0n) is 16.4. The molecule has 6 heteroatoms. The first-order valence-electron chi connectivity index (χ1n) is 9.09. The third kappa shape index (κ3) is 3.52. The molecule has 0 aliphatic carbocycles. The summed E-state index contributed by atoms with van der Waals surface area (Å²) in [4.78, 5) is 17.5. The number of carbonyl (C=O) groups excluding carboxylic acids is 1. The second-order valence-electron chi connectivity index (χ2n) is 6.51. The lowest BCUT2D eigenvalue weighted by Gasteiger charge is -2.12. The highest BCUT2D eigenvalue weighted by Crippen LogP contribution is 2.31. The minimum Gasteiger partial charge on any atom is -0.496 e. The number of carbonyl (C=O) groups is 1. The number of anilines is 1. The van der Waals surface area contributed by atoms with Gasteiger partial charge in [0.2, 0.25) is 5.89 Å². The topological polar surface area (TPSA) is 73.6 Å². The van der Waals surface area contributed by atoms with Gasteiger partial charge in [0.05, 0.1) is 14.2 Å². The first-order valence-corrected chi connectivity index (χ1v) is 9.09. The van der Waals surface area contributed by atoms with Crippen molar-refractivity contribution in [3.05, 3.63) is 71.8 Å². The molecule has 0 saturated heterocycles. The first kappa shape index (κ1) is 18.6. The Bertz CT molecular complexity index is 1170. The molecule has 1 N–H and O–H groups in total. The maximum atomic E-state index is 12.9. The van der Waals surface area contributed by atoms with E-state index in [9.17, 15) is 4.79 Å². The SMILES string of the molecule is COc1cccc(OC)c1C(=O)Nc1ccc2oc(-c3ccccc3C)nc2c1. The lowest BCUT2D eigenvalue weighted by Crippen LogP contribution is -2.14. The Morgan fingerprint density at radius 1 is 0.966 bits per heavy atom. The molecular formula is C23H20N2O4. The summed E-state index contributed by atoms with van der Waals surface area (Å²) in [6.07, 6.45) is 0. The van der Waals surface area contributed by atoms with Crippen LogP contribution in [0.4, 0.5) is 5.69 Å². The maximum absolute atomic E-state index is 12.9. The van der Waals surface area contributed by atoms with Crippen molar-refractivity contribution in [3.63, 3.8) is 0 Å². The first-order chi connectivity index (χ1) is 14.1. The molecule has 0 atom stereocenters. The summed E-state index contributed by atoms with van der Waals surface area (Å²) in [6.45, 7) is 2.01. The number of benzene rings is 3. The van der Waals surface area contributed by atoms with E-state index in [1.54, 1.807) is 36.4 Å². The molecular weight excluding hydrogens is 368 g/mol. The van der Waals surface area contributed by atoms with Gasteiger partial charge in [0, 0.05) is 11.3 Å². The molecule has 0 saturated carbocycles. The van der Waals surface area contributed by atoms with Crippen molar-refractivity contribution < 1.29 is 18.7 Å². The van der Waals surface area contributed by atoms with Gasteiger partial charge >= 0.3 is 0 Å². The molecule has 0 radical (unpaired) electrons. The number of methoxy groups -OCH3 is 2. The van der Waals surface area contributed by atoms with Crippen LogP contribution in [0.25, 0.3) is 22.6 Å². The largest absolute Gasteiger partial charge is 0.496 e. The van der Waals surface area contributed by atoms with Gasteiger partial charge in [-0.1, -0.05) is 24.3 Å². The molecule has 29 heavy (non-hydrogen) atoms. The van der Waals surface area contributed by atoms with E-state index < -0.39 is 0 Å². The van der Waals surface area contributed by atoms with Gasteiger partial charge in [-0.3, -0.25) is 4.79 Å². The molecule has 3 aromatic carbocycles. The van der Waals surface area contributed by atoms with E-state index in [1.807, 2.05) is 31.2 Å². The number of amides is 1. The number of rotatable bonds is 5. The number of aryl methyl sites for hydroxylation is 1. The predicted octanol–water partition coefficient (Wildman–Crippen LogP) is 5.07. The van der Waals surface area contributed by atoms with Crippen molar-refractivity contribution in [3.8, 4) is 23.0 Å². The minimum atomic E-state index is -0.332. The van der Waals surface area contributed by atoms with E-state index in [1.165, 1.54) is 14.2 Å². The fourth-order valence-corrected chi connectivity index (χ4v) is 3.20. The van der Waals surface area contributed by atoms with Crippen molar-refractivity contribution in [1.29, 1.82) is 0 Å². The van der Waals surface area contributed by atoms with Crippen LogP contribution in [0.5, 0.6) is 11.5 Å². The molecule has 4 aromatic rings. The van der Waals surface area contributed by atoms with Gasteiger partial charge in [-0.25, -0.2) is 4.98 Å². The molecule has 1 aromatic heterocycles. The Hall–Kier alpha value is -3.80. The molecule has 6 nitrogen and oxygen atoms in total. The quantitative estimate of drug-likeness (QED) is 0.516. The molecule has 0 aliphatic rings. The van der Waals surface area contributed by atoms with E-state index >= 15 is 0 Å². The zero-order valence-corrected chi connectivity index (χ0v) is 16.4. The van der Waals surface area contributed by atoms with E-state index in [2.05, 4.69) is 10.3 Å². The minimum absolute atomic E-state index is 0.332. The molecule has 1 heterocycles. The molecule has 0 aliphatic heterocycles. The van der Waals surface area contributed by atoms with Crippen LogP contribution >= 0.6 is 0 Å². The summed E-state index contributed by atoms with van der Waals surface area (Å²) < 4.78 is 16.5. The summed E-state index contributed by atoms with van der Waals surface area (Å²) in [5, 5.41) is 2.88. The van der Waals surface area contributed by atoms with E-state index in [0.29, 0.717) is 39.7 Å². The van der Waals surface area contributed by atoms with E-state index in [0.717, 1.165) is 11.1 Å². The van der Waals surface area contributed by atoms with Gasteiger partial charge in [0.25, 0.3) is 5.91 Å². The average molecular weight is 388 g/mol. The van der Waals surface area contributed by atoms with Crippen LogP contribution in [-0.2, 0) is 0 Å². The van der Waals surface area contributed by atoms with Gasteiger partial charge in [0.1, 0.15) is 22.6 Å². The highest BCUT2D eigenvalue weighted by Gasteiger charge is 2.19. The second kappa shape index (κ2) is 7.67. The third-order valence-corrected chi connectivity index (χ3v) is 4.68. The molecule has 146 valence electrons. The van der Waals surface area contributed by atoms with Gasteiger partial charge in [-0.2, -0.15) is 0 Å². The number of nitrogens with zero attached hydrogens (tertiary/aromatic N) is 1. The van der Waals surface area contributed by atoms with Crippen LogP contribution in [0, 0.1) is 6.92 Å². The third-order valence-electron chi connectivity index (χ3n) is 4.68. The normalized spacial score (nSPS) is 10.7. The lowest BCUT2D eigenvalue weighted by atomic mass is 10.1. The molecule has 0 bridgehead atoms. The number of aromatic nitrogens is 1. The van der Waals surface area contributed by atoms with Crippen molar-refractivity contribution in [2.45, 2.75) is 6.92 Å². The maximum Gasteiger partial charge on any atom is 0.263 e. The molecule has 0 fully saturated rings. The summed E-state index contributed by atoms with van der Waals surface area (Å²) in [5.41, 5.74) is 4.26. The van der Waals surface area contributed by atoms with Crippen LogP contribution in [0.3, 0.4) is 0 Å². The molecule has 0 unspecified atom stereocenters. The van der Waals surface area contributed by atoms with Gasteiger partial charge in [-0.05, 0) is 48.9 Å². The van der Waals surface area contributed by atoms with Crippen LogP contribution in [0.2, 0.25) is 0 Å². The zero-order chi connectivity index (χ0) is 20.4. The highest BCUT2D eigenvalue weighted by atomic mass is 16.5. The summed E-state index contributed by atoms with van der Waals surface area (Å²) in [6, 6.07) is 18.4. The Balaban J connectivity index is 1.66. The van der Waals surface area contributed by atoms with Gasteiger partial charge < -0.3 is 19.2 Å². The van der Waals surface area contributed by atoms with Crippen molar-refractivity contribution in [2.24, 2.45) is 0 Å². The standard InChI is InChI=1S/C23H20N2O4/c1-14-7-4-5-8-16(14)23-25-17-13-15(11-12-18(17)29-23)24-22(26)21-19(27-2)9-6-10-20(21)28-3/h4-13H,1-3H3,(H,24,26). The number of ether oxygens (including phenoxy) is 2. The second-order valence-corrected chi connectivity index (χ2v) is 6.51. The average Bonchev–Trinajstić information content (AvgIpc) is 3.16. The Morgan fingerprint density at radius 3 is 2.38 bits per heavy atom. The van der Waals surface area contributed by atoms with Crippen molar-refractivity contribution in [1.82, 2.24) is 4.98 Å². The molecule has 0 spiro atoms. The number of oxazole rings is 1. The summed E-state index contributed by atoms with van der Waals surface area (Å²) in [7, 11) is 3.03. The van der Waals surface area contributed by atoms with Crippen LogP contribution < -0.4 is 14.8 Å². The number of hydrogen-bond donors (Lipinski definition) is 1. The van der Waals surface area contributed by atoms with Gasteiger partial charge in [0.15, 0.2) is 5.58 Å². The lowest BCUT2D eigenvalue weighted by molar-refractivity contribution is 0.102. The Kier molecular flexibility index (Phi) is 4.91. The van der Waals surface area contributed by atoms with Crippen LogP contribution in [0.15, 0.2) is 65.1 Å². The van der Waals surface area contributed by atoms with Gasteiger partial charge in [-0.15, -0.1) is 0 Å².